The zero-order valence-electron chi connectivity index (χ0n) is 45.6. The second kappa shape index (κ2) is 22.6. The third kappa shape index (κ3) is 11.1. The maximum absolute atomic E-state index is 17.0. The van der Waals surface area contributed by atoms with Gasteiger partial charge in [-0.25, -0.2) is 37.1 Å². The Morgan fingerprint density at radius 2 is 1.00 bits per heavy atom. The van der Waals surface area contributed by atoms with Crippen LogP contribution in [0.15, 0.2) is 60.7 Å². The van der Waals surface area contributed by atoms with E-state index in [1.165, 1.54) is 43.4 Å². The summed E-state index contributed by atoms with van der Waals surface area (Å²) in [5.41, 5.74) is 0.973. The zero-order valence-corrected chi connectivity index (χ0v) is 45.6. The lowest BCUT2D eigenvalue weighted by Gasteiger charge is -2.38. The van der Waals surface area contributed by atoms with E-state index in [1.54, 1.807) is 54.5 Å². The summed E-state index contributed by atoms with van der Waals surface area (Å²) in [6, 6.07) is 7.92. The van der Waals surface area contributed by atoms with Crippen LogP contribution in [0.1, 0.15) is 119 Å². The number of methoxy groups -OCH3 is 2. The Hall–Kier alpha value is -7.79. The molecule has 24 heteroatoms. The fraction of sp³-hybridized carbons (Fsp3) is 0.474. The van der Waals surface area contributed by atoms with E-state index in [1.807, 2.05) is 4.90 Å². The fourth-order valence-electron chi connectivity index (χ4n) is 12.2. The number of piperazine rings is 1. The summed E-state index contributed by atoms with van der Waals surface area (Å²) >= 11 is 0. The molecule has 6 atom stereocenters. The topological polar surface area (TPSA) is 184 Å². The number of alkyl halides is 3. The normalized spacial score (nSPS) is 20.5. The standard InChI is InChI=1S/C57H64F7N11O6/c1-29(2)48(69-55(78)80-5)53(76)73-17-7-9-46(73)51-65-40-25-34(36(58)27-42(40)67-51)44-15-16-45(35-26-41-43(28-37(35)59)68-52(66-41)47-10-8-18-74(47)54(77)49(30(3)4)70-56(79)81-6)75(44)33-23-38(60)50(39(61)24-33)72-21-19-71(20-22-72)32-13-11-31(12-14-32)57(62,63)64/h11-14,23-30,44-49H,7-10,15-22H2,1-6H3,(H,65,67)(H,66,68)(H,69,78)(H,70,79)/t44-,45-,46+,47+,48+,49+/m1/s1. The number of nitrogens with one attached hydrogen (secondary N) is 4. The third-order valence-corrected chi connectivity index (χ3v) is 16.3. The van der Waals surface area contributed by atoms with Gasteiger partial charge in [0.05, 0.1) is 66.0 Å². The minimum atomic E-state index is -4.51. The predicted octanol–water partition coefficient (Wildman–Crippen LogP) is 10.5. The monoisotopic (exact) mass is 1130 g/mol. The molecule has 0 unspecified atom stereocenters. The van der Waals surface area contributed by atoms with Crippen LogP contribution in [-0.2, 0) is 25.2 Å². The molecule has 2 aromatic heterocycles. The summed E-state index contributed by atoms with van der Waals surface area (Å²) in [5.74, 6) is -3.67. The number of hydrogen-bond donors (Lipinski definition) is 4. The van der Waals surface area contributed by atoms with Gasteiger partial charge < -0.3 is 54.6 Å². The molecule has 4 aromatic carbocycles. The highest BCUT2D eigenvalue weighted by Crippen LogP contribution is 2.50. The van der Waals surface area contributed by atoms with Gasteiger partial charge >= 0.3 is 18.4 Å². The van der Waals surface area contributed by atoms with Crippen LogP contribution in [0.5, 0.6) is 0 Å². The highest BCUT2D eigenvalue weighted by atomic mass is 19.4. The number of anilines is 3. The van der Waals surface area contributed by atoms with E-state index in [4.69, 9.17) is 19.4 Å². The number of rotatable bonds is 13. The second-order valence-electron chi connectivity index (χ2n) is 21.9. The van der Waals surface area contributed by atoms with E-state index in [9.17, 15) is 32.3 Å². The Labute approximate surface area is 462 Å². The number of carbonyl (C=O) groups excluding carboxylic acids is 4. The van der Waals surface area contributed by atoms with Gasteiger partial charge in [0, 0.05) is 61.8 Å². The predicted molar refractivity (Wildman–Crippen MR) is 287 cm³/mol. The van der Waals surface area contributed by atoms with Gasteiger partial charge in [0.25, 0.3) is 0 Å². The Morgan fingerprint density at radius 1 is 0.568 bits per heavy atom. The number of halogens is 7. The number of hydrogen-bond acceptors (Lipinski definition) is 11. The van der Waals surface area contributed by atoms with Crippen LogP contribution in [0.2, 0.25) is 0 Å². The number of carbonyl (C=O) groups is 4. The number of alkyl carbamates (subject to hydrolysis) is 2. The highest BCUT2D eigenvalue weighted by Gasteiger charge is 2.43. The van der Waals surface area contributed by atoms with Gasteiger partial charge in [-0.1, -0.05) is 27.7 Å². The van der Waals surface area contributed by atoms with E-state index in [-0.39, 0.29) is 85.2 Å². The van der Waals surface area contributed by atoms with E-state index in [0.29, 0.717) is 78.2 Å². The van der Waals surface area contributed by atoms with Crippen molar-refractivity contribution >= 4 is 63.1 Å². The summed E-state index contributed by atoms with van der Waals surface area (Å²) in [5, 5.41) is 5.26. The molecule has 432 valence electrons. The maximum atomic E-state index is 17.0. The maximum Gasteiger partial charge on any atom is 0.416 e. The Kier molecular flexibility index (Phi) is 15.8. The first-order valence-corrected chi connectivity index (χ1v) is 27.3. The first kappa shape index (κ1) is 56.5. The number of likely N-dealkylation sites (tertiary alicyclic amines) is 2. The van der Waals surface area contributed by atoms with Crippen molar-refractivity contribution < 1.29 is 59.4 Å². The molecule has 10 rings (SSSR count). The van der Waals surface area contributed by atoms with Crippen molar-refractivity contribution in [3.8, 4) is 0 Å². The average molecular weight is 1130 g/mol. The molecule has 4 amide bonds. The molecule has 4 aliphatic rings. The molecule has 4 aliphatic heterocycles. The molecule has 4 saturated heterocycles. The van der Waals surface area contributed by atoms with Gasteiger partial charge in [-0.3, -0.25) is 9.59 Å². The smallest absolute Gasteiger partial charge is 0.416 e. The lowest BCUT2D eigenvalue weighted by molar-refractivity contribution is -0.138. The number of imidazole rings is 2. The largest absolute Gasteiger partial charge is 0.453 e. The van der Waals surface area contributed by atoms with Crippen LogP contribution in [-0.4, -0.2) is 119 Å². The van der Waals surface area contributed by atoms with E-state index in [0.717, 1.165) is 24.3 Å². The number of aromatic amines is 2. The SMILES string of the molecule is COC(=O)N[C@H](C(=O)N1CCC[C@H]1c1nc2cc([C@H]3CC[C@H](c4cc5nc([C@@H]6CCCN6C(=O)[C@@H](NC(=O)OC)C(C)C)[nH]c5cc4F)N3c3cc(F)c(N4CCN(c5ccc(C(F)(F)F)cc5)CC4)c(F)c3)c(F)cc2[nH]1)C(C)C. The number of H-pyrrole nitrogens is 2. The summed E-state index contributed by atoms with van der Waals surface area (Å²) < 4.78 is 117. The molecular formula is C57H64F7N11O6. The second-order valence-corrected chi connectivity index (χ2v) is 21.9. The van der Waals surface area contributed by atoms with Crippen LogP contribution in [0, 0.1) is 35.1 Å². The van der Waals surface area contributed by atoms with Gasteiger partial charge in [-0.2, -0.15) is 13.2 Å². The Bertz CT molecular complexity index is 3170. The average Bonchev–Trinajstić information content (AvgIpc) is 3.96. The lowest BCUT2D eigenvalue weighted by atomic mass is 10.0. The molecule has 0 radical (unpaired) electrons. The number of aromatic nitrogens is 4. The number of ether oxygens (including phenoxy) is 2. The van der Waals surface area contributed by atoms with Crippen LogP contribution >= 0.6 is 0 Å². The molecule has 0 spiro atoms. The van der Waals surface area contributed by atoms with Gasteiger partial charge in [-0.15, -0.1) is 0 Å². The van der Waals surface area contributed by atoms with E-state index < -0.39 is 83.4 Å². The number of fused-ring (bicyclic) bond motifs is 2. The summed E-state index contributed by atoms with van der Waals surface area (Å²) in [7, 11) is 2.42. The van der Waals surface area contributed by atoms with Crippen LogP contribution in [0.25, 0.3) is 22.1 Å². The van der Waals surface area contributed by atoms with Crippen LogP contribution in [0.3, 0.4) is 0 Å². The summed E-state index contributed by atoms with van der Waals surface area (Å²) in [4.78, 5) is 76.8. The van der Waals surface area contributed by atoms with Crippen LogP contribution in [0.4, 0.5) is 57.4 Å². The fourth-order valence-corrected chi connectivity index (χ4v) is 12.2. The quantitative estimate of drug-likeness (QED) is 0.0807. The molecule has 4 N–H and O–H groups in total. The van der Waals surface area contributed by atoms with Gasteiger partial charge in [0.15, 0.2) is 11.6 Å². The van der Waals surface area contributed by atoms with Crippen molar-refractivity contribution in [1.29, 1.82) is 0 Å². The number of benzene rings is 4. The summed E-state index contributed by atoms with van der Waals surface area (Å²) in [6.07, 6.45) is -3.31. The van der Waals surface area contributed by atoms with E-state index >= 15 is 17.6 Å². The minimum absolute atomic E-state index is 0.00479. The summed E-state index contributed by atoms with van der Waals surface area (Å²) in [6.45, 7) is 8.71. The van der Waals surface area contributed by atoms with Gasteiger partial charge in [-0.05, 0) is 111 Å². The van der Waals surface area contributed by atoms with Crippen molar-refractivity contribution in [1.82, 2.24) is 40.4 Å². The van der Waals surface area contributed by atoms with E-state index in [2.05, 4.69) is 20.6 Å². The number of nitrogens with zero attached hydrogens (tertiary/aromatic N) is 7. The van der Waals surface area contributed by atoms with Crippen molar-refractivity contribution in [2.45, 2.75) is 109 Å². The Morgan fingerprint density at radius 3 is 1.41 bits per heavy atom. The molecule has 81 heavy (non-hydrogen) atoms. The van der Waals surface area contributed by atoms with Crippen molar-refractivity contribution in [3.63, 3.8) is 0 Å². The van der Waals surface area contributed by atoms with Crippen molar-refractivity contribution in [2.75, 3.05) is 68.2 Å². The van der Waals surface area contributed by atoms with Gasteiger partial charge in [0.2, 0.25) is 11.8 Å². The molecule has 6 heterocycles. The molecular weight excluding hydrogens is 1070 g/mol. The molecule has 0 saturated carbocycles. The lowest BCUT2D eigenvalue weighted by Crippen LogP contribution is -2.51. The highest BCUT2D eigenvalue weighted by molar-refractivity contribution is 5.88. The molecule has 4 fully saturated rings. The third-order valence-electron chi connectivity index (χ3n) is 16.3. The molecule has 0 bridgehead atoms. The number of amides is 4. The van der Waals surface area contributed by atoms with Gasteiger partial charge in [0.1, 0.15) is 41.1 Å². The molecule has 0 aliphatic carbocycles. The first-order chi connectivity index (χ1) is 38.6. The van der Waals surface area contributed by atoms with Crippen LogP contribution < -0.4 is 25.3 Å². The Balaban J connectivity index is 0.986. The van der Waals surface area contributed by atoms with Crippen molar-refractivity contribution in [3.05, 3.63) is 112 Å². The first-order valence-electron chi connectivity index (χ1n) is 27.3. The minimum Gasteiger partial charge on any atom is -0.453 e. The molecule has 17 nitrogen and oxygen atoms in total. The molecule has 6 aromatic rings. The zero-order chi connectivity index (χ0) is 57.8. The van der Waals surface area contributed by atoms with Crippen molar-refractivity contribution in [2.24, 2.45) is 11.8 Å².